The summed E-state index contributed by atoms with van der Waals surface area (Å²) in [6.45, 7) is 4.19. The highest BCUT2D eigenvalue weighted by molar-refractivity contribution is 6.30. The van der Waals surface area contributed by atoms with Crippen molar-refractivity contribution in [1.82, 2.24) is 4.90 Å². The molecule has 1 heterocycles. The molecule has 4 rings (SSSR count). The number of carbonyl (C=O) groups is 1. The summed E-state index contributed by atoms with van der Waals surface area (Å²) in [5.41, 5.74) is 7.42. The van der Waals surface area contributed by atoms with Crippen LogP contribution in [0.15, 0.2) is 48.5 Å². The Bertz CT molecular complexity index is 722. The topological polar surface area (TPSA) is 58.4 Å². The van der Waals surface area contributed by atoms with Crippen molar-refractivity contribution in [2.24, 2.45) is 5.92 Å². The first-order valence-corrected chi connectivity index (χ1v) is 9.63. The highest BCUT2D eigenvalue weighted by Crippen LogP contribution is 2.30. The Morgan fingerprint density at radius 1 is 1.08 bits per heavy atom. The summed E-state index contributed by atoms with van der Waals surface area (Å²) in [7, 11) is 0. The van der Waals surface area contributed by atoms with Gasteiger partial charge in [-0.1, -0.05) is 23.7 Å². The van der Waals surface area contributed by atoms with E-state index in [4.69, 9.17) is 17.3 Å². The van der Waals surface area contributed by atoms with E-state index in [-0.39, 0.29) is 5.91 Å². The van der Waals surface area contributed by atoms with Gasteiger partial charge in [-0.2, -0.15) is 0 Å². The van der Waals surface area contributed by atoms with Gasteiger partial charge in [0, 0.05) is 17.1 Å². The van der Waals surface area contributed by atoms with Crippen LogP contribution in [0.1, 0.15) is 36.0 Å². The van der Waals surface area contributed by atoms with E-state index >= 15 is 0 Å². The van der Waals surface area contributed by atoms with E-state index in [1.807, 2.05) is 12.1 Å². The third-order valence-electron chi connectivity index (χ3n) is 4.73. The fraction of sp³-hybridized carbons (Fsp3) is 0.381. The molecule has 4 nitrogen and oxygen atoms in total. The number of nitrogens with two attached hydrogens (primary N) is 1. The van der Waals surface area contributed by atoms with Crippen molar-refractivity contribution in [3.8, 4) is 0 Å². The van der Waals surface area contributed by atoms with Gasteiger partial charge in [0.15, 0.2) is 0 Å². The zero-order valence-corrected chi connectivity index (χ0v) is 15.7. The summed E-state index contributed by atoms with van der Waals surface area (Å²) >= 11 is 5.75. The molecule has 0 radical (unpaired) electrons. The minimum atomic E-state index is -0.209. The molecule has 5 heteroatoms. The zero-order valence-electron chi connectivity index (χ0n) is 15.0. The van der Waals surface area contributed by atoms with E-state index in [9.17, 15) is 4.79 Å². The Balaban J connectivity index is 0.000000181. The maximum absolute atomic E-state index is 11.9. The van der Waals surface area contributed by atoms with Gasteiger partial charge >= 0.3 is 0 Å². The first kappa shape index (κ1) is 18.7. The predicted molar refractivity (Wildman–Crippen MR) is 109 cm³/mol. The minimum Gasteiger partial charge on any atom is -0.397 e. The SMILES string of the molecule is C1CCN(CC2CC2)C1.Nc1ccccc1NC(=O)c1ccc(Cl)cc1. The molecule has 0 spiro atoms. The van der Waals surface area contributed by atoms with Gasteiger partial charge in [-0.15, -0.1) is 0 Å². The number of hydrogen-bond acceptors (Lipinski definition) is 3. The van der Waals surface area contributed by atoms with Gasteiger partial charge in [0.1, 0.15) is 0 Å². The second kappa shape index (κ2) is 9.06. The normalized spacial score (nSPS) is 16.7. The monoisotopic (exact) mass is 371 g/mol. The number of halogens is 1. The molecule has 0 aromatic heterocycles. The summed E-state index contributed by atoms with van der Waals surface area (Å²) in [6.07, 6.45) is 5.92. The van der Waals surface area contributed by atoms with Gasteiger partial charge in [-0.05, 0) is 81.1 Å². The van der Waals surface area contributed by atoms with Crippen LogP contribution in [-0.4, -0.2) is 30.4 Å². The smallest absolute Gasteiger partial charge is 0.255 e. The Kier molecular flexibility index (Phi) is 6.53. The molecule has 1 amide bonds. The molecule has 1 aliphatic heterocycles. The van der Waals surface area contributed by atoms with E-state index in [0.717, 1.165) is 5.92 Å². The molecule has 26 heavy (non-hydrogen) atoms. The van der Waals surface area contributed by atoms with Crippen LogP contribution in [0.4, 0.5) is 11.4 Å². The Morgan fingerprint density at radius 2 is 1.73 bits per heavy atom. The van der Waals surface area contributed by atoms with Crippen LogP contribution in [0, 0.1) is 5.92 Å². The number of nitrogen functional groups attached to an aromatic ring is 1. The van der Waals surface area contributed by atoms with Crippen LogP contribution in [0.2, 0.25) is 5.02 Å². The molecule has 2 aliphatic rings. The number of carbonyl (C=O) groups excluding carboxylic acids is 1. The predicted octanol–water partition coefficient (Wildman–Crippen LogP) is 4.67. The number of para-hydroxylation sites is 2. The van der Waals surface area contributed by atoms with Crippen molar-refractivity contribution >= 4 is 28.9 Å². The highest BCUT2D eigenvalue weighted by Gasteiger charge is 2.25. The average Bonchev–Trinajstić information content (AvgIpc) is 3.30. The lowest BCUT2D eigenvalue weighted by atomic mass is 10.2. The van der Waals surface area contributed by atoms with E-state index < -0.39 is 0 Å². The van der Waals surface area contributed by atoms with Gasteiger partial charge < -0.3 is 16.0 Å². The summed E-state index contributed by atoms with van der Waals surface area (Å²) < 4.78 is 0. The minimum absolute atomic E-state index is 0.209. The summed E-state index contributed by atoms with van der Waals surface area (Å²) in [5.74, 6) is 0.891. The van der Waals surface area contributed by atoms with Gasteiger partial charge in [-0.25, -0.2) is 0 Å². The number of nitrogens with zero attached hydrogens (tertiary/aromatic N) is 1. The molecule has 3 N–H and O–H groups in total. The third-order valence-corrected chi connectivity index (χ3v) is 4.98. The summed E-state index contributed by atoms with van der Waals surface area (Å²) in [5, 5.41) is 3.34. The van der Waals surface area contributed by atoms with Crippen LogP contribution >= 0.6 is 11.6 Å². The molecule has 0 atom stereocenters. The quantitative estimate of drug-likeness (QED) is 0.768. The molecule has 2 fully saturated rings. The Morgan fingerprint density at radius 3 is 2.35 bits per heavy atom. The van der Waals surface area contributed by atoms with Gasteiger partial charge in [0.2, 0.25) is 0 Å². The molecule has 1 saturated carbocycles. The number of anilines is 2. The van der Waals surface area contributed by atoms with Gasteiger partial charge in [-0.3, -0.25) is 4.79 Å². The number of rotatable bonds is 4. The standard InChI is InChI=1S/C13H11ClN2O.C8H15N/c14-10-7-5-9(6-8-10)13(17)16-12-4-2-1-3-11(12)15;1-2-6-9(5-1)7-8-3-4-8/h1-8H,15H2,(H,16,17);8H,1-7H2. The molecule has 0 unspecified atom stereocenters. The van der Waals surface area contributed by atoms with Crippen molar-refractivity contribution in [1.29, 1.82) is 0 Å². The maximum Gasteiger partial charge on any atom is 0.255 e. The molecule has 1 aliphatic carbocycles. The van der Waals surface area contributed by atoms with E-state index in [2.05, 4.69) is 10.2 Å². The highest BCUT2D eigenvalue weighted by atomic mass is 35.5. The van der Waals surface area contributed by atoms with Crippen LogP contribution in [0.5, 0.6) is 0 Å². The lowest BCUT2D eigenvalue weighted by Gasteiger charge is -2.12. The van der Waals surface area contributed by atoms with Crippen molar-refractivity contribution in [3.05, 3.63) is 59.1 Å². The second-order valence-electron chi connectivity index (χ2n) is 7.00. The lowest BCUT2D eigenvalue weighted by Crippen LogP contribution is -2.21. The van der Waals surface area contributed by atoms with Gasteiger partial charge in [0.25, 0.3) is 5.91 Å². The molecule has 1 saturated heterocycles. The fourth-order valence-corrected chi connectivity index (χ4v) is 3.16. The molecule has 2 aromatic rings. The first-order chi connectivity index (χ1) is 12.6. The molecule has 0 bridgehead atoms. The van der Waals surface area contributed by atoms with E-state index in [1.165, 1.54) is 45.3 Å². The molecule has 138 valence electrons. The number of benzene rings is 2. The summed E-state index contributed by atoms with van der Waals surface area (Å²) in [4.78, 5) is 14.5. The fourth-order valence-electron chi connectivity index (χ4n) is 3.04. The third kappa shape index (κ3) is 5.75. The summed E-state index contributed by atoms with van der Waals surface area (Å²) in [6, 6.07) is 13.8. The van der Waals surface area contributed by atoms with Crippen molar-refractivity contribution in [2.75, 3.05) is 30.7 Å². The van der Waals surface area contributed by atoms with E-state index in [1.54, 1.807) is 36.4 Å². The molecule has 2 aromatic carbocycles. The molecular weight excluding hydrogens is 346 g/mol. The van der Waals surface area contributed by atoms with Crippen LogP contribution in [0.25, 0.3) is 0 Å². The number of hydrogen-bond donors (Lipinski definition) is 2. The maximum atomic E-state index is 11.9. The van der Waals surface area contributed by atoms with Crippen molar-refractivity contribution in [3.63, 3.8) is 0 Å². The van der Waals surface area contributed by atoms with Crippen molar-refractivity contribution < 1.29 is 4.79 Å². The number of amides is 1. The Labute approximate surface area is 160 Å². The zero-order chi connectivity index (χ0) is 18.4. The number of nitrogens with one attached hydrogen (secondary N) is 1. The Hall–Kier alpha value is -2.04. The molecular formula is C21H26ClN3O. The van der Waals surface area contributed by atoms with Crippen LogP contribution in [0.3, 0.4) is 0 Å². The average molecular weight is 372 g/mol. The lowest BCUT2D eigenvalue weighted by molar-refractivity contribution is 0.102. The number of likely N-dealkylation sites (tertiary alicyclic amines) is 1. The van der Waals surface area contributed by atoms with Crippen molar-refractivity contribution in [2.45, 2.75) is 25.7 Å². The van der Waals surface area contributed by atoms with Gasteiger partial charge in [0.05, 0.1) is 11.4 Å². The van der Waals surface area contributed by atoms with Crippen LogP contribution < -0.4 is 11.1 Å². The second-order valence-corrected chi connectivity index (χ2v) is 7.44. The van der Waals surface area contributed by atoms with E-state index in [0.29, 0.717) is 22.0 Å². The van der Waals surface area contributed by atoms with Crippen LogP contribution in [-0.2, 0) is 0 Å². The first-order valence-electron chi connectivity index (χ1n) is 9.25. The largest absolute Gasteiger partial charge is 0.397 e.